The Morgan fingerprint density at radius 3 is 2.62 bits per heavy atom. The highest BCUT2D eigenvalue weighted by Crippen LogP contribution is 2.35. The van der Waals surface area contributed by atoms with E-state index in [9.17, 15) is 13.2 Å². The van der Waals surface area contributed by atoms with E-state index in [4.69, 9.17) is 11.1 Å². The molecule has 0 amide bonds. The Morgan fingerprint density at radius 2 is 1.97 bits per heavy atom. The van der Waals surface area contributed by atoms with Crippen LogP contribution >= 0.6 is 11.3 Å². The smallest absolute Gasteiger partial charge is 0.402 e. The van der Waals surface area contributed by atoms with Gasteiger partial charge in [-0.05, 0) is 66.6 Å². The molecule has 3 aromatic heterocycles. The van der Waals surface area contributed by atoms with Crippen molar-refractivity contribution >= 4 is 17.0 Å². The summed E-state index contributed by atoms with van der Waals surface area (Å²) in [5.74, 6) is 0. The Balaban J connectivity index is 2.04. The van der Waals surface area contributed by atoms with Crippen LogP contribution in [0.3, 0.4) is 0 Å². The van der Waals surface area contributed by atoms with Crippen LogP contribution in [0, 0.1) is 5.41 Å². The number of allylic oxidation sites excluding steroid dienone is 2. The van der Waals surface area contributed by atoms with Gasteiger partial charge < -0.3 is 5.73 Å². The van der Waals surface area contributed by atoms with E-state index in [1.165, 1.54) is 18.1 Å². The number of unbranched alkanes of at least 4 members (excludes halogenated alkanes) is 3. The summed E-state index contributed by atoms with van der Waals surface area (Å²) in [5, 5.41) is 16.2. The van der Waals surface area contributed by atoms with Crippen LogP contribution in [0.25, 0.3) is 21.8 Å². The number of hydrogen-bond acceptors (Lipinski definition) is 5. The molecule has 3 heterocycles. The lowest BCUT2D eigenvalue weighted by Crippen LogP contribution is -2.05. The van der Waals surface area contributed by atoms with Gasteiger partial charge in [0.2, 0.25) is 0 Å². The summed E-state index contributed by atoms with van der Waals surface area (Å²) in [5.41, 5.74) is 7.95. The van der Waals surface area contributed by atoms with Crippen molar-refractivity contribution in [3.05, 3.63) is 58.4 Å². The molecule has 0 aliphatic carbocycles. The van der Waals surface area contributed by atoms with Crippen LogP contribution in [-0.4, -0.2) is 20.9 Å². The van der Waals surface area contributed by atoms with Gasteiger partial charge in [0.25, 0.3) is 0 Å². The van der Waals surface area contributed by atoms with Gasteiger partial charge in [0.1, 0.15) is 11.4 Å². The second-order valence-corrected chi connectivity index (χ2v) is 8.59. The van der Waals surface area contributed by atoms with E-state index in [2.05, 4.69) is 23.1 Å². The van der Waals surface area contributed by atoms with Crippen LogP contribution in [0.1, 0.15) is 56.5 Å². The van der Waals surface area contributed by atoms with E-state index < -0.39 is 11.9 Å². The molecule has 170 valence electrons. The Bertz CT molecular complexity index is 1110. The first-order valence-electron chi connectivity index (χ1n) is 10.4. The standard InChI is InChI=1S/C23H26F3N5S/c1-3-4-5-6-7-15-8-9-32-22(15)16-11-18(17(28)10-14(2)27)29-19(12-16)20-13-21(31-30-20)23(24,25)26/h8-13,28H,3-7,27H2,1-2H3,(H,30,31). The molecule has 32 heavy (non-hydrogen) atoms. The second kappa shape index (κ2) is 10.1. The number of nitrogens with zero attached hydrogens (tertiary/aromatic N) is 2. The van der Waals surface area contributed by atoms with Crippen molar-refractivity contribution in [1.82, 2.24) is 15.2 Å². The Labute approximate surface area is 189 Å². The predicted molar refractivity (Wildman–Crippen MR) is 123 cm³/mol. The number of halogens is 3. The van der Waals surface area contributed by atoms with Crippen LogP contribution in [0.5, 0.6) is 0 Å². The number of alkyl halides is 3. The Morgan fingerprint density at radius 1 is 1.19 bits per heavy atom. The van der Waals surface area contributed by atoms with E-state index in [-0.39, 0.29) is 17.1 Å². The number of pyridine rings is 1. The molecular weight excluding hydrogens is 435 g/mol. The fraction of sp³-hybridized carbons (Fsp3) is 0.348. The molecule has 0 fully saturated rings. The van der Waals surface area contributed by atoms with Gasteiger partial charge in [0.05, 0.1) is 17.1 Å². The predicted octanol–water partition coefficient (Wildman–Crippen LogP) is 6.57. The number of thiophene rings is 1. The zero-order valence-electron chi connectivity index (χ0n) is 18.0. The maximum Gasteiger partial charge on any atom is 0.432 e. The molecule has 0 aromatic carbocycles. The molecule has 0 radical (unpaired) electrons. The first-order chi connectivity index (χ1) is 15.2. The van der Waals surface area contributed by atoms with E-state index in [0.29, 0.717) is 11.4 Å². The fourth-order valence-electron chi connectivity index (χ4n) is 3.36. The molecule has 0 saturated carbocycles. The monoisotopic (exact) mass is 461 g/mol. The minimum absolute atomic E-state index is 0.0720. The minimum Gasteiger partial charge on any atom is -0.402 e. The number of rotatable bonds is 9. The molecule has 9 heteroatoms. The number of hydrogen-bond donors (Lipinski definition) is 3. The first kappa shape index (κ1) is 23.7. The average molecular weight is 462 g/mol. The van der Waals surface area contributed by atoms with Gasteiger partial charge in [-0.1, -0.05) is 26.2 Å². The average Bonchev–Trinajstić information content (AvgIpc) is 3.40. The molecule has 0 bridgehead atoms. The van der Waals surface area contributed by atoms with Crippen molar-refractivity contribution in [2.24, 2.45) is 5.73 Å². The van der Waals surface area contributed by atoms with E-state index in [1.54, 1.807) is 30.4 Å². The number of H-pyrrole nitrogens is 1. The highest BCUT2D eigenvalue weighted by atomic mass is 32.1. The van der Waals surface area contributed by atoms with Crippen molar-refractivity contribution in [1.29, 1.82) is 5.41 Å². The van der Waals surface area contributed by atoms with Crippen LogP contribution in [-0.2, 0) is 12.6 Å². The zero-order chi connectivity index (χ0) is 23.3. The molecule has 0 unspecified atom stereocenters. The van der Waals surface area contributed by atoms with E-state index in [1.807, 2.05) is 10.5 Å². The van der Waals surface area contributed by atoms with Crippen molar-refractivity contribution < 1.29 is 13.2 Å². The lowest BCUT2D eigenvalue weighted by atomic mass is 10.0. The molecule has 3 aromatic rings. The number of aryl methyl sites for hydroxylation is 1. The van der Waals surface area contributed by atoms with Gasteiger partial charge in [-0.2, -0.15) is 18.3 Å². The first-order valence-corrected chi connectivity index (χ1v) is 11.3. The van der Waals surface area contributed by atoms with Crippen molar-refractivity contribution in [2.45, 2.75) is 52.1 Å². The molecule has 5 nitrogen and oxygen atoms in total. The maximum atomic E-state index is 13.1. The lowest BCUT2D eigenvalue weighted by molar-refractivity contribution is -0.141. The topological polar surface area (TPSA) is 91.4 Å². The summed E-state index contributed by atoms with van der Waals surface area (Å²) in [6.07, 6.45) is 2.43. The van der Waals surface area contributed by atoms with Crippen LogP contribution in [0.4, 0.5) is 13.2 Å². The molecule has 0 aliphatic rings. The largest absolute Gasteiger partial charge is 0.432 e. The number of nitrogens with one attached hydrogen (secondary N) is 2. The summed E-state index contributed by atoms with van der Waals surface area (Å²) >= 11 is 1.57. The quantitative estimate of drug-likeness (QED) is 0.248. The van der Waals surface area contributed by atoms with Crippen molar-refractivity contribution in [2.75, 3.05) is 0 Å². The molecular formula is C23H26F3N5S. The van der Waals surface area contributed by atoms with E-state index in [0.717, 1.165) is 42.2 Å². The fourth-order valence-corrected chi connectivity index (χ4v) is 4.30. The summed E-state index contributed by atoms with van der Waals surface area (Å²) in [6, 6.07) is 6.53. The van der Waals surface area contributed by atoms with Crippen LogP contribution in [0.15, 0.2) is 41.4 Å². The highest BCUT2D eigenvalue weighted by Gasteiger charge is 2.33. The molecule has 0 atom stereocenters. The molecule has 0 spiro atoms. The molecule has 4 N–H and O–H groups in total. The van der Waals surface area contributed by atoms with Crippen molar-refractivity contribution in [3.63, 3.8) is 0 Å². The second-order valence-electron chi connectivity index (χ2n) is 7.68. The Kier molecular flexibility index (Phi) is 7.50. The zero-order valence-corrected chi connectivity index (χ0v) is 18.8. The van der Waals surface area contributed by atoms with Gasteiger partial charge in [0, 0.05) is 10.6 Å². The normalized spacial score (nSPS) is 12.3. The van der Waals surface area contributed by atoms with Gasteiger partial charge >= 0.3 is 6.18 Å². The Hall–Kier alpha value is -2.94. The molecule has 3 rings (SSSR count). The lowest BCUT2D eigenvalue weighted by Gasteiger charge is -2.09. The van der Waals surface area contributed by atoms with Crippen LogP contribution in [0.2, 0.25) is 0 Å². The van der Waals surface area contributed by atoms with E-state index >= 15 is 0 Å². The summed E-state index contributed by atoms with van der Waals surface area (Å²) in [4.78, 5) is 5.44. The third-order valence-electron chi connectivity index (χ3n) is 4.93. The van der Waals surface area contributed by atoms with Crippen LogP contribution < -0.4 is 5.73 Å². The van der Waals surface area contributed by atoms with Gasteiger partial charge in [-0.15, -0.1) is 11.3 Å². The van der Waals surface area contributed by atoms with Gasteiger partial charge in [-0.3, -0.25) is 10.5 Å². The van der Waals surface area contributed by atoms with Gasteiger partial charge in [-0.25, -0.2) is 4.98 Å². The summed E-state index contributed by atoms with van der Waals surface area (Å²) in [6.45, 7) is 3.83. The molecule has 0 saturated heterocycles. The number of aromatic nitrogens is 3. The SMILES string of the molecule is CCCCCCc1ccsc1-c1cc(C(=N)C=C(C)N)nc(-c2cc(C(F)(F)F)[nH]n2)c1. The number of nitrogens with two attached hydrogens (primary N) is 1. The summed E-state index contributed by atoms with van der Waals surface area (Å²) < 4.78 is 39.2. The highest BCUT2D eigenvalue weighted by molar-refractivity contribution is 7.13. The summed E-state index contributed by atoms with van der Waals surface area (Å²) in [7, 11) is 0. The minimum atomic E-state index is -4.53. The number of aromatic amines is 1. The van der Waals surface area contributed by atoms with Gasteiger partial charge in [0.15, 0.2) is 0 Å². The molecule has 0 aliphatic heterocycles. The van der Waals surface area contributed by atoms with Crippen molar-refractivity contribution in [3.8, 4) is 21.8 Å². The third-order valence-corrected chi connectivity index (χ3v) is 5.93. The third kappa shape index (κ3) is 5.85. The maximum absolute atomic E-state index is 13.1.